The smallest absolute Gasteiger partial charge is 0.408 e. The van der Waals surface area contributed by atoms with Gasteiger partial charge in [-0.05, 0) is 135 Å². The maximum Gasteiger partial charge on any atom is 0.408 e. The highest BCUT2D eigenvalue weighted by Gasteiger charge is 2.32. The van der Waals surface area contributed by atoms with Crippen molar-refractivity contribution in [1.29, 1.82) is 0 Å². The zero-order chi connectivity index (χ0) is 63.0. The average molecular weight is 1220 g/mol. The van der Waals surface area contributed by atoms with Crippen LogP contribution >= 0.6 is 0 Å². The molecular formula is C59H83N11O15S. The monoisotopic (exact) mass is 1220 g/mol. The van der Waals surface area contributed by atoms with Crippen molar-refractivity contribution in [1.82, 2.24) is 51.7 Å². The first-order valence-electron chi connectivity index (χ1n) is 28.6. The summed E-state index contributed by atoms with van der Waals surface area (Å²) in [6.45, 7) is 15.6. The number of fused-ring (bicyclic) bond motifs is 1. The van der Waals surface area contributed by atoms with Crippen molar-refractivity contribution in [2.24, 2.45) is 4.99 Å². The van der Waals surface area contributed by atoms with Gasteiger partial charge in [-0.3, -0.25) is 43.2 Å². The first-order valence-corrected chi connectivity index (χ1v) is 30.0. The normalized spacial score (nSPS) is 13.5. The van der Waals surface area contributed by atoms with E-state index in [0.717, 1.165) is 49.9 Å². The van der Waals surface area contributed by atoms with Crippen molar-refractivity contribution < 1.29 is 70.5 Å². The minimum atomic E-state index is -4.38. The van der Waals surface area contributed by atoms with Gasteiger partial charge in [0.05, 0.1) is 30.3 Å². The van der Waals surface area contributed by atoms with Gasteiger partial charge in [0.15, 0.2) is 5.96 Å². The number of nitrogens with zero attached hydrogens (tertiary/aromatic N) is 3. The van der Waals surface area contributed by atoms with Crippen molar-refractivity contribution in [3.8, 4) is 5.75 Å². The molecule has 470 valence electrons. The van der Waals surface area contributed by atoms with E-state index in [1.807, 2.05) is 4.68 Å². The number of carbonyl (C=O) groups excluding carboxylic acids is 8. The number of esters is 3. The summed E-state index contributed by atoms with van der Waals surface area (Å²) in [7, 11) is -3.28. The topological polar surface area (TPSA) is 343 Å². The lowest BCUT2D eigenvalue weighted by Gasteiger charge is -2.24. The number of aromatic nitrogens is 2. The van der Waals surface area contributed by atoms with E-state index in [0.29, 0.717) is 35.5 Å². The van der Waals surface area contributed by atoms with Crippen LogP contribution < -0.4 is 46.7 Å². The molecule has 1 aromatic heterocycles. The Morgan fingerprint density at radius 2 is 1.40 bits per heavy atom. The highest BCUT2D eigenvalue weighted by Crippen LogP contribution is 2.27. The van der Waals surface area contributed by atoms with Gasteiger partial charge in [0.25, 0.3) is 5.91 Å². The summed E-state index contributed by atoms with van der Waals surface area (Å²) in [6, 6.07) is 12.7. The fourth-order valence-corrected chi connectivity index (χ4v) is 10.5. The lowest BCUT2D eigenvalue weighted by Crippen LogP contribution is -2.54. The van der Waals surface area contributed by atoms with Gasteiger partial charge in [0.2, 0.25) is 27.7 Å². The van der Waals surface area contributed by atoms with E-state index < -0.39 is 87.6 Å². The number of hydrogen-bond donors (Lipinski definition) is 8. The quantitative estimate of drug-likeness (QED) is 0.0202. The van der Waals surface area contributed by atoms with Crippen molar-refractivity contribution in [3.63, 3.8) is 0 Å². The third kappa shape index (κ3) is 23.6. The standard InChI is InChI=1S/C59H83N11O15S/c1-38-32-43(33-39(2)51(38)86(79,80)69-46(55(77)81-9)36-65-52(74)41-19-22-47-42(34-41)35-66-70(47)30-15-27-64-56-62-25-14-26-63-56)82-31-13-18-48(71)60-28-29-61-53(75)44(20-23-49(72)84-58(3,4)5)67-54(76)45(21-24-50(73)85-59(6,7)8)68-57(78)83-37-40-16-11-10-12-17-40/h10-12,16-17,19,22,32-35,44-46,69H,13-15,18,20-21,23-31,36-37H2,1-9H3,(H,60,71)(H,61,75)(H,65,74)(H,67,76)(H,68,78)(H2,62,63,64)/t44?,45-,46-/m0/s1. The molecule has 5 amide bonds. The molecule has 3 atom stereocenters. The third-order valence-corrected chi connectivity index (χ3v) is 14.5. The number of ether oxygens (including phenoxy) is 5. The third-order valence-electron chi connectivity index (χ3n) is 12.7. The highest BCUT2D eigenvalue weighted by atomic mass is 32.2. The Morgan fingerprint density at radius 1 is 0.744 bits per heavy atom. The molecule has 0 saturated heterocycles. The van der Waals surface area contributed by atoms with Crippen LogP contribution in [-0.2, 0) is 70.9 Å². The second-order valence-corrected chi connectivity index (χ2v) is 24.0. The number of guanidine groups is 1. The molecule has 1 unspecified atom stereocenters. The first-order chi connectivity index (χ1) is 40.7. The molecule has 4 aromatic rings. The van der Waals surface area contributed by atoms with Gasteiger partial charge in [0, 0.05) is 76.0 Å². The van der Waals surface area contributed by atoms with Crippen LogP contribution in [0.2, 0.25) is 0 Å². The van der Waals surface area contributed by atoms with Crippen LogP contribution in [-0.4, -0.2) is 154 Å². The molecule has 2 heterocycles. The predicted octanol–water partition coefficient (Wildman–Crippen LogP) is 3.65. The SMILES string of the molecule is COC(=O)[C@H](CNC(=O)c1ccc2c(cnn2CCCNC2=NCCCN2)c1)NS(=O)(=O)c1c(C)cc(OCCCC(=O)NCCNC(=O)C(CCC(=O)OC(C)(C)C)NC(=O)[C@H](CCC(=O)OC(C)(C)C)NC(=O)OCc2ccccc2)cc1C. The van der Waals surface area contributed by atoms with Gasteiger partial charge < -0.3 is 60.9 Å². The maximum absolute atomic E-state index is 13.9. The van der Waals surface area contributed by atoms with Gasteiger partial charge in [-0.2, -0.15) is 9.82 Å². The van der Waals surface area contributed by atoms with Crippen molar-refractivity contribution >= 4 is 74.5 Å². The Kier molecular flexibility index (Phi) is 26.1. The summed E-state index contributed by atoms with van der Waals surface area (Å²) in [6.07, 6.45) is 1.78. The number of aryl methyl sites for hydroxylation is 3. The van der Waals surface area contributed by atoms with E-state index in [2.05, 4.69) is 52.0 Å². The first kappa shape index (κ1) is 68.5. The van der Waals surface area contributed by atoms with Crippen LogP contribution in [0.4, 0.5) is 4.79 Å². The summed E-state index contributed by atoms with van der Waals surface area (Å²) >= 11 is 0. The van der Waals surface area contributed by atoms with E-state index in [-0.39, 0.29) is 81.2 Å². The summed E-state index contributed by atoms with van der Waals surface area (Å²) < 4.78 is 58.8. The molecule has 0 saturated carbocycles. The number of nitrogens with one attached hydrogen (secondary N) is 8. The molecule has 5 rings (SSSR count). The molecule has 0 radical (unpaired) electrons. The Labute approximate surface area is 501 Å². The molecule has 86 heavy (non-hydrogen) atoms. The van der Waals surface area contributed by atoms with Gasteiger partial charge >= 0.3 is 24.0 Å². The molecule has 0 bridgehead atoms. The zero-order valence-electron chi connectivity index (χ0n) is 50.5. The number of carbonyl (C=O) groups is 8. The molecule has 1 aliphatic rings. The van der Waals surface area contributed by atoms with Crippen molar-refractivity contribution in [2.75, 3.05) is 53.0 Å². The number of rotatable bonds is 31. The summed E-state index contributed by atoms with van der Waals surface area (Å²) in [5, 5.41) is 24.8. The van der Waals surface area contributed by atoms with Crippen LogP contribution in [0.25, 0.3) is 10.9 Å². The van der Waals surface area contributed by atoms with Crippen LogP contribution in [0.1, 0.15) is 120 Å². The lowest BCUT2D eigenvalue weighted by molar-refractivity contribution is -0.156. The number of hydrogen-bond acceptors (Lipinski definition) is 19. The molecule has 27 heteroatoms. The van der Waals surface area contributed by atoms with E-state index in [1.54, 1.807) is 110 Å². The molecule has 1 aliphatic heterocycles. The number of aliphatic imine (C=N–C) groups is 1. The van der Waals surface area contributed by atoms with Gasteiger partial charge in [-0.1, -0.05) is 30.3 Å². The van der Waals surface area contributed by atoms with Gasteiger partial charge in [-0.25, -0.2) is 13.2 Å². The van der Waals surface area contributed by atoms with E-state index in [9.17, 15) is 46.8 Å². The largest absolute Gasteiger partial charge is 0.494 e. The fourth-order valence-electron chi connectivity index (χ4n) is 8.82. The Bertz CT molecular complexity index is 3120. The van der Waals surface area contributed by atoms with Gasteiger partial charge in [0.1, 0.15) is 41.7 Å². The summed E-state index contributed by atoms with van der Waals surface area (Å²) in [5.41, 5.74) is 0.728. The zero-order valence-corrected chi connectivity index (χ0v) is 51.3. The molecule has 0 aliphatic carbocycles. The fraction of sp³-hybridized carbons (Fsp3) is 0.525. The Morgan fingerprint density at radius 3 is 2.02 bits per heavy atom. The molecule has 0 spiro atoms. The molecule has 8 N–H and O–H groups in total. The summed E-state index contributed by atoms with van der Waals surface area (Å²) in [4.78, 5) is 109. The summed E-state index contributed by atoms with van der Waals surface area (Å²) in [5.74, 6) is -3.54. The van der Waals surface area contributed by atoms with E-state index in [4.69, 9.17) is 23.7 Å². The minimum absolute atomic E-state index is 0.0148. The molecule has 26 nitrogen and oxygen atoms in total. The molecule has 0 fully saturated rings. The van der Waals surface area contributed by atoms with Crippen LogP contribution in [0, 0.1) is 13.8 Å². The second kappa shape index (κ2) is 32.8. The Hall–Kier alpha value is -8.33. The number of alkyl carbamates (subject to hydrolysis) is 1. The highest BCUT2D eigenvalue weighted by molar-refractivity contribution is 7.89. The van der Waals surface area contributed by atoms with Crippen LogP contribution in [0.5, 0.6) is 5.75 Å². The van der Waals surface area contributed by atoms with Crippen molar-refractivity contribution in [2.45, 2.75) is 154 Å². The second-order valence-electron chi connectivity index (χ2n) is 22.4. The van der Waals surface area contributed by atoms with E-state index >= 15 is 0 Å². The van der Waals surface area contributed by atoms with Gasteiger partial charge in [-0.15, -0.1) is 0 Å². The Balaban J connectivity index is 1.09. The number of sulfonamides is 1. The maximum atomic E-state index is 13.9. The average Bonchev–Trinajstić information content (AvgIpc) is 2.24. The predicted molar refractivity (Wildman–Crippen MR) is 318 cm³/mol. The lowest BCUT2D eigenvalue weighted by atomic mass is 10.1. The number of amides is 5. The minimum Gasteiger partial charge on any atom is -0.494 e. The van der Waals surface area contributed by atoms with Crippen molar-refractivity contribution in [3.05, 3.63) is 89.1 Å². The van der Waals surface area contributed by atoms with Crippen LogP contribution in [0.15, 0.2) is 76.7 Å². The number of benzene rings is 3. The van der Waals surface area contributed by atoms with E-state index in [1.165, 1.54) is 12.1 Å². The molecule has 3 aromatic carbocycles. The number of methoxy groups -OCH3 is 1. The molecular weight excluding hydrogens is 1130 g/mol. The van der Waals surface area contributed by atoms with Crippen LogP contribution in [0.3, 0.4) is 0 Å².